The molecule has 8 nitrogen and oxygen atoms in total. The molecule has 0 atom stereocenters. The van der Waals surface area contributed by atoms with Crippen LogP contribution >= 0.6 is 15.9 Å². The van der Waals surface area contributed by atoms with Crippen molar-refractivity contribution in [1.29, 1.82) is 0 Å². The Morgan fingerprint density at radius 2 is 0.959 bits per heavy atom. The Bertz CT molecular complexity index is 1430. The summed E-state index contributed by atoms with van der Waals surface area (Å²) in [4.78, 5) is 8.28. The van der Waals surface area contributed by atoms with E-state index >= 15 is 0 Å². The second-order valence-corrected chi connectivity index (χ2v) is 19.3. The average molecular weight is 782 g/mol. The SMILES string of the molecule is BrCC1CCCCC1.CS(=O)(=O)c1ccc(CN2CCN(CC3CCCCC3)CC2)cc1.CS(=O)(=O)c1ccc(CN2CCNCC2)cc1. The molecule has 0 unspecified atom stereocenters. The third kappa shape index (κ3) is 15.0. The van der Waals surface area contributed by atoms with Crippen molar-refractivity contribution in [3.05, 3.63) is 59.7 Å². The largest absolute Gasteiger partial charge is 0.314 e. The van der Waals surface area contributed by atoms with E-state index in [1.807, 2.05) is 24.3 Å². The van der Waals surface area contributed by atoms with Gasteiger partial charge in [0, 0.05) is 89.8 Å². The maximum Gasteiger partial charge on any atom is 0.175 e. The van der Waals surface area contributed by atoms with Crippen LogP contribution in [0.4, 0.5) is 0 Å². The molecule has 49 heavy (non-hydrogen) atoms. The summed E-state index contributed by atoms with van der Waals surface area (Å²) in [5.74, 6) is 1.93. The van der Waals surface area contributed by atoms with Crippen LogP contribution in [0.3, 0.4) is 0 Å². The Balaban J connectivity index is 0.000000187. The van der Waals surface area contributed by atoms with Crippen LogP contribution in [0.25, 0.3) is 0 Å². The van der Waals surface area contributed by atoms with Crippen LogP contribution in [0, 0.1) is 11.8 Å². The highest BCUT2D eigenvalue weighted by Crippen LogP contribution is 2.26. The highest BCUT2D eigenvalue weighted by molar-refractivity contribution is 9.09. The van der Waals surface area contributed by atoms with Crippen LogP contribution in [0.1, 0.15) is 75.3 Å². The fraction of sp³-hybridized carbons (Fsp3) is 0.684. The van der Waals surface area contributed by atoms with Gasteiger partial charge in [-0.15, -0.1) is 0 Å². The molecule has 0 amide bonds. The van der Waals surface area contributed by atoms with E-state index in [1.165, 1.54) is 99.7 Å². The molecule has 2 saturated carbocycles. The number of rotatable bonds is 9. The zero-order valence-electron chi connectivity index (χ0n) is 30.0. The molecular formula is C38H61BrN4O4S2. The Kier molecular flexibility index (Phi) is 17.0. The first-order valence-corrected chi connectivity index (χ1v) is 23.4. The van der Waals surface area contributed by atoms with Crippen molar-refractivity contribution < 1.29 is 16.8 Å². The Morgan fingerprint density at radius 3 is 1.35 bits per heavy atom. The van der Waals surface area contributed by atoms with Crippen LogP contribution in [0.5, 0.6) is 0 Å². The maximum atomic E-state index is 11.5. The highest BCUT2D eigenvalue weighted by Gasteiger charge is 2.22. The van der Waals surface area contributed by atoms with Crippen LogP contribution in [-0.2, 0) is 32.8 Å². The zero-order chi connectivity index (χ0) is 35.1. The van der Waals surface area contributed by atoms with Gasteiger partial charge in [-0.05, 0) is 72.9 Å². The Morgan fingerprint density at radius 1 is 0.571 bits per heavy atom. The number of alkyl halides is 1. The number of halogens is 1. The molecule has 276 valence electrons. The van der Waals surface area contributed by atoms with Crippen molar-refractivity contribution in [2.24, 2.45) is 11.8 Å². The van der Waals surface area contributed by atoms with Gasteiger partial charge in [-0.3, -0.25) is 9.80 Å². The van der Waals surface area contributed by atoms with Crippen LogP contribution < -0.4 is 5.32 Å². The maximum absolute atomic E-state index is 11.5. The minimum Gasteiger partial charge on any atom is -0.314 e. The molecule has 2 heterocycles. The molecule has 4 aliphatic rings. The van der Waals surface area contributed by atoms with E-state index in [0.29, 0.717) is 9.79 Å². The topological polar surface area (TPSA) is 90.0 Å². The van der Waals surface area contributed by atoms with Crippen molar-refractivity contribution in [2.75, 3.05) is 76.7 Å². The molecular weight excluding hydrogens is 720 g/mol. The summed E-state index contributed by atoms with van der Waals surface area (Å²) in [6, 6.07) is 14.5. The predicted octanol–water partition coefficient (Wildman–Crippen LogP) is 6.24. The number of piperazine rings is 2. The number of sulfone groups is 2. The zero-order valence-corrected chi connectivity index (χ0v) is 33.2. The standard InChI is InChI=1S/C19H30N2O2S.C12H18N2O2S.C7H13Br/c1-24(22,23)19-9-7-18(8-10-19)16-21-13-11-20(12-14-21)15-17-5-3-2-4-6-17;1-17(15,16)12-4-2-11(3-5-12)10-14-8-6-13-7-9-14;8-6-7-4-2-1-3-5-7/h7-10,17H,2-6,11-16H2,1H3;2-5,13H,6-10H2,1H3;7H,1-6H2. The summed E-state index contributed by atoms with van der Waals surface area (Å²) < 4.78 is 45.7. The normalized spacial score (nSPS) is 20.9. The lowest BCUT2D eigenvalue weighted by Gasteiger charge is -2.37. The van der Waals surface area contributed by atoms with E-state index < -0.39 is 19.7 Å². The first-order chi connectivity index (χ1) is 23.5. The van der Waals surface area contributed by atoms with Crippen molar-refractivity contribution in [2.45, 2.75) is 87.1 Å². The number of benzene rings is 2. The lowest BCUT2D eigenvalue weighted by molar-refractivity contribution is 0.105. The first-order valence-electron chi connectivity index (χ1n) is 18.5. The monoisotopic (exact) mass is 780 g/mol. The predicted molar refractivity (Wildman–Crippen MR) is 206 cm³/mol. The molecule has 6 rings (SSSR count). The summed E-state index contributed by atoms with van der Waals surface area (Å²) in [6.07, 6.45) is 17.0. The van der Waals surface area contributed by atoms with Crippen molar-refractivity contribution in [3.8, 4) is 0 Å². The van der Waals surface area contributed by atoms with Crippen molar-refractivity contribution >= 4 is 35.6 Å². The number of nitrogens with one attached hydrogen (secondary N) is 1. The highest BCUT2D eigenvalue weighted by atomic mass is 79.9. The van der Waals surface area contributed by atoms with Gasteiger partial charge in [-0.2, -0.15) is 0 Å². The van der Waals surface area contributed by atoms with Gasteiger partial charge >= 0.3 is 0 Å². The van der Waals surface area contributed by atoms with E-state index in [2.05, 4.69) is 35.9 Å². The van der Waals surface area contributed by atoms with Gasteiger partial charge < -0.3 is 10.2 Å². The molecule has 2 aliphatic heterocycles. The van der Waals surface area contributed by atoms with Gasteiger partial charge in [0.2, 0.25) is 0 Å². The molecule has 2 saturated heterocycles. The number of hydrogen-bond donors (Lipinski definition) is 1. The number of hydrogen-bond acceptors (Lipinski definition) is 8. The second kappa shape index (κ2) is 20.6. The molecule has 2 aromatic rings. The summed E-state index contributed by atoms with van der Waals surface area (Å²) in [7, 11) is -6.17. The van der Waals surface area contributed by atoms with Gasteiger partial charge in [0.15, 0.2) is 19.7 Å². The Labute approximate surface area is 306 Å². The van der Waals surface area contributed by atoms with E-state index in [0.717, 1.165) is 77.3 Å². The molecule has 0 aromatic heterocycles. The minimum atomic E-state index is -3.09. The van der Waals surface area contributed by atoms with Gasteiger partial charge in [0.05, 0.1) is 9.79 Å². The van der Waals surface area contributed by atoms with E-state index in [9.17, 15) is 16.8 Å². The third-order valence-electron chi connectivity index (χ3n) is 10.4. The van der Waals surface area contributed by atoms with Gasteiger partial charge in [0.25, 0.3) is 0 Å². The third-order valence-corrected chi connectivity index (χ3v) is 13.5. The van der Waals surface area contributed by atoms with Crippen LogP contribution in [0.2, 0.25) is 0 Å². The summed E-state index contributed by atoms with van der Waals surface area (Å²) in [5.41, 5.74) is 2.36. The van der Waals surface area contributed by atoms with Gasteiger partial charge in [-0.25, -0.2) is 16.8 Å². The fourth-order valence-corrected chi connectivity index (χ4v) is 9.18. The van der Waals surface area contributed by atoms with E-state index in [-0.39, 0.29) is 0 Å². The van der Waals surface area contributed by atoms with Crippen LogP contribution in [0.15, 0.2) is 58.3 Å². The van der Waals surface area contributed by atoms with Gasteiger partial charge in [0.1, 0.15) is 0 Å². The fourth-order valence-electron chi connectivity index (χ4n) is 7.28. The van der Waals surface area contributed by atoms with Crippen molar-refractivity contribution in [1.82, 2.24) is 20.0 Å². The molecule has 4 fully saturated rings. The lowest BCUT2D eigenvalue weighted by atomic mass is 9.89. The van der Waals surface area contributed by atoms with Crippen molar-refractivity contribution in [3.63, 3.8) is 0 Å². The lowest BCUT2D eigenvalue weighted by Crippen LogP contribution is -2.47. The summed E-state index contributed by atoms with van der Waals surface area (Å²) in [6.45, 7) is 11.8. The quantitative estimate of drug-likeness (QED) is 0.299. The Hall–Kier alpha value is -1.34. The molecule has 0 bridgehead atoms. The molecule has 11 heteroatoms. The molecule has 0 radical (unpaired) electrons. The van der Waals surface area contributed by atoms with Crippen LogP contribution in [-0.4, -0.2) is 108 Å². The van der Waals surface area contributed by atoms with E-state index in [1.54, 1.807) is 24.3 Å². The molecule has 0 spiro atoms. The summed E-state index contributed by atoms with van der Waals surface area (Å²) in [5, 5.41) is 4.54. The molecule has 1 N–H and O–H groups in total. The second-order valence-electron chi connectivity index (χ2n) is 14.6. The first kappa shape index (κ1) is 40.4. The number of nitrogens with zero attached hydrogens (tertiary/aromatic N) is 3. The average Bonchev–Trinajstić information content (AvgIpc) is 3.11. The molecule has 2 aliphatic carbocycles. The smallest absolute Gasteiger partial charge is 0.175 e. The van der Waals surface area contributed by atoms with Gasteiger partial charge in [-0.1, -0.05) is 78.7 Å². The molecule has 2 aromatic carbocycles. The minimum absolute atomic E-state index is 0.390. The van der Waals surface area contributed by atoms with E-state index in [4.69, 9.17) is 0 Å². The summed E-state index contributed by atoms with van der Waals surface area (Å²) >= 11 is 3.51.